The number of alkyl carbamates (subject to hydrolysis) is 1. The van der Waals surface area contributed by atoms with Crippen LogP contribution in [0.5, 0.6) is 0 Å². The fraction of sp³-hybridized carbons (Fsp3) is 0.769. The van der Waals surface area contributed by atoms with Gasteiger partial charge in [0.05, 0.1) is 4.99 Å². The summed E-state index contributed by atoms with van der Waals surface area (Å²) in [6.07, 6.45) is 1.10. The number of unbranched alkanes of at least 4 members (excludes halogenated alkanes) is 1. The van der Waals surface area contributed by atoms with Crippen LogP contribution in [0.1, 0.15) is 47.0 Å². The van der Waals surface area contributed by atoms with Gasteiger partial charge in [0.25, 0.3) is 0 Å². The number of hydrogen-bond acceptors (Lipinski definition) is 4. The number of thiocarbonyl (C=S) groups is 1. The molecule has 0 aromatic rings. The third-order valence-electron chi connectivity index (χ3n) is 2.28. The maximum absolute atomic E-state index is 11.5. The first-order chi connectivity index (χ1) is 9.11. The van der Waals surface area contributed by atoms with Gasteiger partial charge in [-0.3, -0.25) is 0 Å². The minimum atomic E-state index is -1.06. The van der Waals surface area contributed by atoms with E-state index < -0.39 is 23.7 Å². The molecule has 0 radical (unpaired) electrons. The first-order valence-electron chi connectivity index (χ1n) is 6.58. The Morgan fingerprint density at radius 3 is 2.35 bits per heavy atom. The molecule has 0 heterocycles. The van der Waals surface area contributed by atoms with Crippen LogP contribution < -0.4 is 10.6 Å². The summed E-state index contributed by atoms with van der Waals surface area (Å²) in [5.74, 6) is -1.06. The Morgan fingerprint density at radius 1 is 1.30 bits per heavy atom. The van der Waals surface area contributed by atoms with E-state index in [2.05, 4.69) is 10.6 Å². The number of hydrogen-bond donors (Lipinski definition) is 3. The van der Waals surface area contributed by atoms with Gasteiger partial charge >= 0.3 is 12.1 Å². The lowest BCUT2D eigenvalue weighted by molar-refractivity contribution is -0.139. The molecule has 116 valence electrons. The maximum atomic E-state index is 11.5. The molecule has 0 aliphatic rings. The molecule has 0 bridgehead atoms. The van der Waals surface area contributed by atoms with Crippen LogP contribution in [0.15, 0.2) is 0 Å². The number of amides is 1. The highest BCUT2D eigenvalue weighted by molar-refractivity contribution is 7.80. The highest BCUT2D eigenvalue weighted by Gasteiger charge is 2.23. The van der Waals surface area contributed by atoms with Crippen molar-refractivity contribution in [2.45, 2.75) is 58.6 Å². The number of aliphatic carboxylic acids is 1. The number of rotatable bonds is 7. The summed E-state index contributed by atoms with van der Waals surface area (Å²) >= 11 is 4.87. The molecule has 0 aliphatic carbocycles. The minimum Gasteiger partial charge on any atom is -0.480 e. The molecule has 1 unspecified atom stereocenters. The topological polar surface area (TPSA) is 87.7 Å². The van der Waals surface area contributed by atoms with E-state index >= 15 is 0 Å². The minimum absolute atomic E-state index is 0.354. The third-order valence-corrected chi connectivity index (χ3v) is 2.43. The zero-order valence-corrected chi connectivity index (χ0v) is 13.3. The van der Waals surface area contributed by atoms with Crippen molar-refractivity contribution in [3.63, 3.8) is 0 Å². The molecule has 0 aromatic heterocycles. The van der Waals surface area contributed by atoms with Gasteiger partial charge in [-0.1, -0.05) is 12.2 Å². The smallest absolute Gasteiger partial charge is 0.408 e. The van der Waals surface area contributed by atoms with Crippen LogP contribution in [0.2, 0.25) is 0 Å². The molecule has 0 rings (SSSR count). The van der Waals surface area contributed by atoms with E-state index in [1.807, 2.05) is 0 Å². The number of nitrogens with one attached hydrogen (secondary N) is 2. The van der Waals surface area contributed by atoms with Gasteiger partial charge < -0.3 is 20.5 Å². The van der Waals surface area contributed by atoms with Crippen molar-refractivity contribution in [3.8, 4) is 0 Å². The largest absolute Gasteiger partial charge is 0.480 e. The van der Waals surface area contributed by atoms with Crippen LogP contribution in [0.3, 0.4) is 0 Å². The zero-order chi connectivity index (χ0) is 15.8. The standard InChI is InChI=1S/C13H24N2O4S/c1-9(20)14-8-6-5-7-10(11(16)17)15-12(18)19-13(2,3)4/h10H,5-8H2,1-4H3,(H,14,20)(H,15,18)(H,16,17). The van der Waals surface area contributed by atoms with Crippen molar-refractivity contribution in [2.75, 3.05) is 6.54 Å². The number of carboxylic acid groups (broad SMARTS) is 1. The lowest BCUT2D eigenvalue weighted by Crippen LogP contribution is -2.43. The summed E-state index contributed by atoms with van der Waals surface area (Å²) in [7, 11) is 0. The molecule has 6 nitrogen and oxygen atoms in total. The van der Waals surface area contributed by atoms with Crippen molar-refractivity contribution in [3.05, 3.63) is 0 Å². The Balaban J connectivity index is 4.08. The van der Waals surface area contributed by atoms with Crippen molar-refractivity contribution in [1.82, 2.24) is 10.6 Å². The van der Waals surface area contributed by atoms with Gasteiger partial charge in [-0.15, -0.1) is 0 Å². The molecule has 1 atom stereocenters. The average Bonchev–Trinajstić information content (AvgIpc) is 2.23. The summed E-state index contributed by atoms with van der Waals surface area (Å²) in [6, 6.07) is -0.932. The van der Waals surface area contributed by atoms with Crippen molar-refractivity contribution in [2.24, 2.45) is 0 Å². The third kappa shape index (κ3) is 10.5. The van der Waals surface area contributed by atoms with E-state index in [9.17, 15) is 9.59 Å². The van der Waals surface area contributed by atoms with E-state index in [-0.39, 0.29) is 0 Å². The highest BCUT2D eigenvalue weighted by atomic mass is 32.1. The Bertz CT molecular complexity index is 353. The summed E-state index contributed by atoms with van der Waals surface area (Å²) in [5.41, 5.74) is -0.645. The lowest BCUT2D eigenvalue weighted by Gasteiger charge is -2.22. The van der Waals surface area contributed by atoms with E-state index in [4.69, 9.17) is 22.1 Å². The Labute approximate surface area is 125 Å². The molecule has 0 aromatic carbocycles. The Morgan fingerprint density at radius 2 is 1.90 bits per heavy atom. The van der Waals surface area contributed by atoms with Crippen LogP contribution in [-0.4, -0.2) is 40.3 Å². The molecule has 7 heteroatoms. The molecule has 0 spiro atoms. The van der Waals surface area contributed by atoms with E-state index in [1.165, 1.54) is 0 Å². The highest BCUT2D eigenvalue weighted by Crippen LogP contribution is 2.08. The molecule has 0 fully saturated rings. The normalized spacial score (nSPS) is 12.4. The molecule has 0 aliphatic heterocycles. The van der Waals surface area contributed by atoms with Gasteiger partial charge in [0.2, 0.25) is 0 Å². The predicted octanol–water partition coefficient (Wildman–Crippen LogP) is 2.07. The van der Waals surface area contributed by atoms with Gasteiger partial charge in [0.1, 0.15) is 11.6 Å². The second kappa shape index (κ2) is 8.73. The Kier molecular flexibility index (Phi) is 8.13. The second-order valence-electron chi connectivity index (χ2n) is 5.52. The number of carbonyl (C=O) groups excluding carboxylic acids is 1. The molecule has 0 saturated heterocycles. The van der Waals surface area contributed by atoms with E-state index in [0.29, 0.717) is 24.4 Å². The first-order valence-corrected chi connectivity index (χ1v) is 6.99. The van der Waals surface area contributed by atoms with Gasteiger partial charge in [0, 0.05) is 6.54 Å². The Hall–Kier alpha value is -1.37. The van der Waals surface area contributed by atoms with Gasteiger partial charge in [0.15, 0.2) is 0 Å². The molecule has 3 N–H and O–H groups in total. The predicted molar refractivity (Wildman–Crippen MR) is 80.9 cm³/mol. The van der Waals surface area contributed by atoms with Crippen LogP contribution >= 0.6 is 12.2 Å². The maximum Gasteiger partial charge on any atom is 0.408 e. The fourth-order valence-electron chi connectivity index (χ4n) is 1.45. The van der Waals surface area contributed by atoms with E-state index in [1.54, 1.807) is 27.7 Å². The quantitative estimate of drug-likeness (QED) is 0.493. The molecule has 20 heavy (non-hydrogen) atoms. The fourth-order valence-corrected chi connectivity index (χ4v) is 1.55. The van der Waals surface area contributed by atoms with Crippen molar-refractivity contribution in [1.29, 1.82) is 0 Å². The van der Waals surface area contributed by atoms with Gasteiger partial charge in [-0.2, -0.15) is 0 Å². The summed E-state index contributed by atoms with van der Waals surface area (Å²) in [5, 5.41) is 14.4. The van der Waals surface area contributed by atoms with Crippen LogP contribution in [0.4, 0.5) is 4.79 Å². The number of carbonyl (C=O) groups is 2. The van der Waals surface area contributed by atoms with Crippen LogP contribution in [0.25, 0.3) is 0 Å². The summed E-state index contributed by atoms with van der Waals surface area (Å²) < 4.78 is 5.03. The SMILES string of the molecule is CC(=S)NCCCCC(NC(=O)OC(C)(C)C)C(=O)O. The zero-order valence-electron chi connectivity index (χ0n) is 12.5. The first kappa shape index (κ1) is 18.6. The van der Waals surface area contributed by atoms with Crippen molar-refractivity contribution < 1.29 is 19.4 Å². The van der Waals surface area contributed by atoms with Gasteiger partial charge in [-0.25, -0.2) is 9.59 Å². The second-order valence-corrected chi connectivity index (χ2v) is 6.13. The molecule has 0 saturated carbocycles. The summed E-state index contributed by atoms with van der Waals surface area (Å²) in [6.45, 7) is 7.67. The lowest BCUT2D eigenvalue weighted by atomic mass is 10.1. The number of ether oxygens (including phenoxy) is 1. The van der Waals surface area contributed by atoms with E-state index in [0.717, 1.165) is 6.42 Å². The van der Waals surface area contributed by atoms with Crippen LogP contribution in [-0.2, 0) is 9.53 Å². The molecular formula is C13H24N2O4S. The van der Waals surface area contributed by atoms with Gasteiger partial charge in [-0.05, 0) is 47.0 Å². The average molecular weight is 304 g/mol. The van der Waals surface area contributed by atoms with Crippen LogP contribution in [0, 0.1) is 0 Å². The molecular weight excluding hydrogens is 280 g/mol. The number of carboxylic acids is 1. The monoisotopic (exact) mass is 304 g/mol. The summed E-state index contributed by atoms with van der Waals surface area (Å²) in [4.78, 5) is 23.3. The van der Waals surface area contributed by atoms with Crippen molar-refractivity contribution >= 4 is 29.3 Å². The molecule has 1 amide bonds.